The highest BCUT2D eigenvalue weighted by atomic mass is 32.1. The maximum atomic E-state index is 13.5. The summed E-state index contributed by atoms with van der Waals surface area (Å²) in [5, 5.41) is 3.76. The Morgan fingerprint density at radius 2 is 1.90 bits per heavy atom. The minimum Gasteiger partial charge on any atom is -0.324 e. The summed E-state index contributed by atoms with van der Waals surface area (Å²) >= 11 is 1.64. The van der Waals surface area contributed by atoms with E-state index in [4.69, 9.17) is 4.98 Å². The first-order valence-electron chi connectivity index (χ1n) is 10.6. The number of thiophene rings is 1. The van der Waals surface area contributed by atoms with Gasteiger partial charge in [-0.3, -0.25) is 14.2 Å². The number of amides is 1. The molecule has 158 valence electrons. The molecule has 30 heavy (non-hydrogen) atoms. The Kier molecular flexibility index (Phi) is 5.30. The quantitative estimate of drug-likeness (QED) is 0.644. The molecule has 2 unspecified atom stereocenters. The molecule has 1 aliphatic rings. The Bertz CT molecular complexity index is 1200. The second-order valence-electron chi connectivity index (χ2n) is 8.81. The molecule has 0 bridgehead atoms. The summed E-state index contributed by atoms with van der Waals surface area (Å²) in [5.74, 6) is 1.02. The molecule has 1 amide bonds. The van der Waals surface area contributed by atoms with Crippen LogP contribution >= 0.6 is 11.3 Å². The fourth-order valence-electron chi connectivity index (χ4n) is 4.68. The number of anilines is 1. The highest BCUT2D eigenvalue weighted by molar-refractivity contribution is 7.18. The van der Waals surface area contributed by atoms with Crippen LogP contribution in [0.4, 0.5) is 5.69 Å². The van der Waals surface area contributed by atoms with E-state index in [0.717, 1.165) is 57.4 Å². The van der Waals surface area contributed by atoms with E-state index in [2.05, 4.69) is 24.4 Å². The zero-order valence-corrected chi connectivity index (χ0v) is 19.4. The lowest BCUT2D eigenvalue weighted by molar-refractivity contribution is -0.118. The van der Waals surface area contributed by atoms with Crippen molar-refractivity contribution in [3.8, 4) is 0 Å². The van der Waals surface area contributed by atoms with Crippen molar-refractivity contribution in [2.24, 2.45) is 5.92 Å². The summed E-state index contributed by atoms with van der Waals surface area (Å²) in [6.45, 7) is 11.9. The summed E-state index contributed by atoms with van der Waals surface area (Å²) in [4.78, 5) is 33.4. The second kappa shape index (κ2) is 7.65. The van der Waals surface area contributed by atoms with E-state index >= 15 is 0 Å². The van der Waals surface area contributed by atoms with Crippen molar-refractivity contribution in [3.05, 3.63) is 55.4 Å². The fourth-order valence-corrected chi connectivity index (χ4v) is 6.10. The van der Waals surface area contributed by atoms with E-state index in [1.54, 1.807) is 22.8 Å². The molecule has 2 atom stereocenters. The fraction of sp³-hybridized carbons (Fsp3) is 0.458. The first kappa shape index (κ1) is 20.8. The van der Waals surface area contributed by atoms with Gasteiger partial charge in [0.25, 0.3) is 5.56 Å². The van der Waals surface area contributed by atoms with Crippen molar-refractivity contribution in [3.63, 3.8) is 0 Å². The first-order chi connectivity index (χ1) is 14.2. The standard InChI is InChI=1S/C24H29N3O2S/c1-12-7-8-18-19(11-12)30-23-20(18)24(29)27(17(6)25-23)16(5)22(28)26-21-14(3)9-13(2)10-15(21)4/h9-10,12,16H,7-8,11H2,1-6H3,(H,26,28). The Morgan fingerprint density at radius 1 is 1.23 bits per heavy atom. The van der Waals surface area contributed by atoms with Crippen LogP contribution in [-0.4, -0.2) is 15.5 Å². The van der Waals surface area contributed by atoms with E-state index in [1.165, 1.54) is 4.88 Å². The Hall–Kier alpha value is -2.47. The SMILES string of the molecule is Cc1cc(C)c(NC(=O)C(C)n2c(C)nc3sc4c(c3c2=O)CCC(C)C4)c(C)c1. The van der Waals surface area contributed by atoms with Crippen LogP contribution in [0.15, 0.2) is 16.9 Å². The minimum absolute atomic E-state index is 0.0930. The smallest absolute Gasteiger partial charge is 0.263 e. The molecule has 2 heterocycles. The zero-order valence-electron chi connectivity index (χ0n) is 18.5. The third kappa shape index (κ3) is 3.47. The number of nitrogens with one attached hydrogen (secondary N) is 1. The molecular formula is C24H29N3O2S. The van der Waals surface area contributed by atoms with Gasteiger partial charge in [0, 0.05) is 10.6 Å². The van der Waals surface area contributed by atoms with E-state index in [0.29, 0.717) is 11.7 Å². The molecule has 1 aliphatic carbocycles. The molecule has 4 rings (SSSR count). The normalized spacial score (nSPS) is 17.1. The lowest BCUT2D eigenvalue weighted by Gasteiger charge is -2.20. The number of fused-ring (bicyclic) bond motifs is 3. The maximum Gasteiger partial charge on any atom is 0.263 e. The van der Waals surface area contributed by atoms with E-state index in [1.807, 2.05) is 27.7 Å². The van der Waals surface area contributed by atoms with Crippen molar-refractivity contribution >= 4 is 33.1 Å². The van der Waals surface area contributed by atoms with Gasteiger partial charge >= 0.3 is 0 Å². The van der Waals surface area contributed by atoms with Crippen LogP contribution in [0.2, 0.25) is 0 Å². The Balaban J connectivity index is 1.74. The lowest BCUT2D eigenvalue weighted by atomic mass is 9.89. The molecule has 1 aromatic carbocycles. The zero-order chi connectivity index (χ0) is 21.7. The number of hydrogen-bond acceptors (Lipinski definition) is 4. The van der Waals surface area contributed by atoms with Gasteiger partial charge < -0.3 is 5.32 Å². The van der Waals surface area contributed by atoms with Crippen LogP contribution < -0.4 is 10.9 Å². The summed E-state index contributed by atoms with van der Waals surface area (Å²) in [7, 11) is 0. The number of aryl methyl sites for hydroxylation is 5. The molecule has 0 spiro atoms. The van der Waals surface area contributed by atoms with Crippen molar-refractivity contribution < 1.29 is 4.79 Å². The second-order valence-corrected chi connectivity index (χ2v) is 9.89. The third-order valence-electron chi connectivity index (χ3n) is 6.23. The summed E-state index contributed by atoms with van der Waals surface area (Å²) in [6.07, 6.45) is 3.02. The first-order valence-corrected chi connectivity index (χ1v) is 11.4. The molecule has 0 radical (unpaired) electrons. The van der Waals surface area contributed by atoms with Gasteiger partial charge in [0.15, 0.2) is 0 Å². The van der Waals surface area contributed by atoms with Gasteiger partial charge in [-0.2, -0.15) is 0 Å². The average Bonchev–Trinajstić information content (AvgIpc) is 3.01. The molecule has 1 N–H and O–H groups in total. The molecule has 6 heteroatoms. The van der Waals surface area contributed by atoms with Crippen molar-refractivity contribution in [2.45, 2.75) is 66.8 Å². The molecular weight excluding hydrogens is 394 g/mol. The van der Waals surface area contributed by atoms with Crippen molar-refractivity contribution in [1.82, 2.24) is 9.55 Å². The van der Waals surface area contributed by atoms with E-state index < -0.39 is 6.04 Å². The molecule has 0 saturated heterocycles. The molecule has 0 aliphatic heterocycles. The van der Waals surface area contributed by atoms with Gasteiger partial charge in [-0.05, 0) is 76.5 Å². The lowest BCUT2D eigenvalue weighted by Crippen LogP contribution is -2.34. The Labute approximate surface area is 181 Å². The van der Waals surface area contributed by atoms with Gasteiger partial charge in [0.2, 0.25) is 5.91 Å². The highest BCUT2D eigenvalue weighted by Gasteiger charge is 2.27. The average molecular weight is 424 g/mol. The van der Waals surface area contributed by atoms with Crippen molar-refractivity contribution in [2.75, 3.05) is 5.32 Å². The minimum atomic E-state index is -0.646. The van der Waals surface area contributed by atoms with Gasteiger partial charge in [0.1, 0.15) is 16.7 Å². The summed E-state index contributed by atoms with van der Waals surface area (Å²) in [6, 6.07) is 3.46. The van der Waals surface area contributed by atoms with Crippen LogP contribution in [0, 0.1) is 33.6 Å². The topological polar surface area (TPSA) is 64.0 Å². The van der Waals surface area contributed by atoms with Gasteiger partial charge in [-0.25, -0.2) is 4.98 Å². The van der Waals surface area contributed by atoms with Crippen LogP contribution in [0.25, 0.3) is 10.2 Å². The number of carbonyl (C=O) groups is 1. The maximum absolute atomic E-state index is 13.5. The molecule has 2 aromatic heterocycles. The number of aromatic nitrogens is 2. The molecule has 5 nitrogen and oxygen atoms in total. The van der Waals surface area contributed by atoms with Gasteiger partial charge in [-0.15, -0.1) is 11.3 Å². The van der Waals surface area contributed by atoms with E-state index in [9.17, 15) is 9.59 Å². The van der Waals surface area contributed by atoms with Crippen LogP contribution in [0.1, 0.15) is 59.3 Å². The summed E-state index contributed by atoms with van der Waals surface area (Å²) < 4.78 is 1.56. The van der Waals surface area contributed by atoms with Crippen LogP contribution in [0.3, 0.4) is 0 Å². The van der Waals surface area contributed by atoms with Gasteiger partial charge in [0.05, 0.1) is 5.39 Å². The van der Waals surface area contributed by atoms with Gasteiger partial charge in [-0.1, -0.05) is 24.6 Å². The van der Waals surface area contributed by atoms with Crippen LogP contribution in [0.5, 0.6) is 0 Å². The molecule has 0 saturated carbocycles. The summed E-state index contributed by atoms with van der Waals surface area (Å²) in [5.41, 5.74) is 5.08. The predicted molar refractivity (Wildman–Crippen MR) is 124 cm³/mol. The predicted octanol–water partition coefficient (Wildman–Crippen LogP) is 5.02. The number of carbonyl (C=O) groups excluding carboxylic acids is 1. The number of hydrogen-bond donors (Lipinski definition) is 1. The van der Waals surface area contributed by atoms with E-state index in [-0.39, 0.29) is 11.5 Å². The number of nitrogens with zero attached hydrogens (tertiary/aromatic N) is 2. The number of rotatable bonds is 3. The van der Waals surface area contributed by atoms with Crippen LogP contribution in [-0.2, 0) is 17.6 Å². The molecule has 3 aromatic rings. The largest absolute Gasteiger partial charge is 0.324 e. The Morgan fingerprint density at radius 3 is 2.57 bits per heavy atom. The monoisotopic (exact) mass is 423 g/mol. The highest BCUT2D eigenvalue weighted by Crippen LogP contribution is 2.36. The van der Waals surface area contributed by atoms with Crippen molar-refractivity contribution in [1.29, 1.82) is 0 Å². The molecule has 0 fully saturated rings. The third-order valence-corrected chi connectivity index (χ3v) is 7.38. The number of benzene rings is 1.